The predicted octanol–water partition coefficient (Wildman–Crippen LogP) is 0.636. The van der Waals surface area contributed by atoms with Crippen molar-refractivity contribution < 1.29 is 9.90 Å². The summed E-state index contributed by atoms with van der Waals surface area (Å²) in [4.78, 5) is 11.4. The van der Waals surface area contributed by atoms with Crippen molar-refractivity contribution in [3.8, 4) is 0 Å². The fraction of sp³-hybridized carbons (Fsp3) is 0. The minimum atomic E-state index is -1.04. The Morgan fingerprint density at radius 2 is 2.23 bits per heavy atom. The van der Waals surface area contributed by atoms with Crippen LogP contribution < -0.4 is 16.4 Å². The van der Waals surface area contributed by atoms with Gasteiger partial charge in [0.25, 0.3) is 0 Å². The van der Waals surface area contributed by atoms with Crippen LogP contribution >= 0.6 is 11.9 Å². The second-order valence-electron chi connectivity index (χ2n) is 2.27. The van der Waals surface area contributed by atoms with Gasteiger partial charge < -0.3 is 10.5 Å². The summed E-state index contributed by atoms with van der Waals surface area (Å²) in [7, 11) is 0. The number of aromatic carboxylic acids is 1. The predicted molar refractivity (Wildman–Crippen MR) is 51.3 cm³/mol. The van der Waals surface area contributed by atoms with Gasteiger partial charge in [0.15, 0.2) is 0 Å². The van der Waals surface area contributed by atoms with Gasteiger partial charge in [-0.25, -0.2) is 4.79 Å². The highest BCUT2D eigenvalue weighted by Crippen LogP contribution is 2.20. The summed E-state index contributed by atoms with van der Waals surface area (Å²) in [5.74, 6) is 4.09. The first-order valence-corrected chi connectivity index (χ1v) is 4.27. The van der Waals surface area contributed by atoms with Crippen LogP contribution in [0.3, 0.4) is 0 Å². The number of carboxylic acids is 1. The molecule has 0 saturated carbocycles. The normalized spacial score (nSPS) is 9.69. The average molecular weight is 199 g/mol. The molecule has 1 rings (SSSR count). The second-order valence-corrected chi connectivity index (χ2v) is 2.98. The molecule has 0 aliphatic carbocycles. The molecule has 0 bridgehead atoms. The maximum absolute atomic E-state index is 10.7. The van der Waals surface area contributed by atoms with Crippen LogP contribution in [0.25, 0.3) is 0 Å². The third kappa shape index (κ3) is 2.11. The smallest absolute Gasteiger partial charge is 0.337 e. The van der Waals surface area contributed by atoms with Gasteiger partial charge in [-0.1, -0.05) is 0 Å². The van der Waals surface area contributed by atoms with E-state index in [-0.39, 0.29) is 5.56 Å². The van der Waals surface area contributed by atoms with Crippen molar-refractivity contribution in [3.05, 3.63) is 23.8 Å². The third-order valence-corrected chi connectivity index (χ3v) is 2.04. The highest BCUT2D eigenvalue weighted by Gasteiger charge is 2.09. The molecule has 0 aliphatic heterocycles. The van der Waals surface area contributed by atoms with Gasteiger partial charge >= 0.3 is 5.97 Å². The number of hydrogen-bond acceptors (Lipinski definition) is 5. The molecule has 0 unspecified atom stereocenters. The molecule has 70 valence electrons. The number of carboxylic acid groups (broad SMARTS) is 1. The summed E-state index contributed by atoms with van der Waals surface area (Å²) >= 11 is 0.988. The highest BCUT2D eigenvalue weighted by molar-refractivity contribution is 7.97. The molecule has 1 aromatic carbocycles. The fourth-order valence-electron chi connectivity index (χ4n) is 0.899. The average Bonchev–Trinajstić information content (AvgIpc) is 2.16. The van der Waals surface area contributed by atoms with Crippen LogP contribution in [0.5, 0.6) is 0 Å². The van der Waals surface area contributed by atoms with Crippen LogP contribution in [-0.4, -0.2) is 11.1 Å². The van der Waals surface area contributed by atoms with Gasteiger partial charge in [-0.3, -0.25) is 11.0 Å². The molecule has 0 fully saturated rings. The van der Waals surface area contributed by atoms with E-state index in [2.05, 4.69) is 5.43 Å². The third-order valence-electron chi connectivity index (χ3n) is 1.51. The Labute approximate surface area is 79.2 Å². The molecule has 0 saturated heterocycles. The van der Waals surface area contributed by atoms with Gasteiger partial charge in [0.1, 0.15) is 0 Å². The first-order chi connectivity index (χ1) is 6.19. The fourth-order valence-corrected chi connectivity index (χ4v) is 1.23. The topological polar surface area (TPSA) is 101 Å². The van der Waals surface area contributed by atoms with E-state index in [0.717, 1.165) is 11.9 Å². The molecular formula is C7H9N3O2S. The lowest BCUT2D eigenvalue weighted by molar-refractivity contribution is 0.0697. The number of rotatable bonds is 3. The largest absolute Gasteiger partial charge is 0.478 e. The molecular weight excluding hydrogens is 190 g/mol. The summed E-state index contributed by atoms with van der Waals surface area (Å²) in [5.41, 5.74) is 2.77. The van der Waals surface area contributed by atoms with Gasteiger partial charge in [0.2, 0.25) is 0 Å². The van der Waals surface area contributed by atoms with Crippen LogP contribution in [0, 0.1) is 0 Å². The molecule has 5 nitrogen and oxygen atoms in total. The number of nitrogens with one attached hydrogen (secondary N) is 1. The zero-order valence-corrected chi connectivity index (χ0v) is 7.47. The number of hydrazine groups is 1. The standard InChI is InChI=1S/C7H9N3O2S/c8-10-6-2-1-4(13-9)3-5(6)7(11)12/h1-3,10H,8-9H2,(H,11,12). The maximum atomic E-state index is 10.7. The molecule has 13 heavy (non-hydrogen) atoms. The van der Waals surface area contributed by atoms with E-state index in [0.29, 0.717) is 10.6 Å². The van der Waals surface area contributed by atoms with Crippen LogP contribution in [0.1, 0.15) is 10.4 Å². The Morgan fingerprint density at radius 3 is 2.69 bits per heavy atom. The number of anilines is 1. The lowest BCUT2D eigenvalue weighted by atomic mass is 10.2. The van der Waals surface area contributed by atoms with E-state index >= 15 is 0 Å². The summed E-state index contributed by atoms with van der Waals surface area (Å²) in [6.07, 6.45) is 0. The van der Waals surface area contributed by atoms with E-state index in [1.54, 1.807) is 12.1 Å². The summed E-state index contributed by atoms with van der Waals surface area (Å²) < 4.78 is 0. The van der Waals surface area contributed by atoms with E-state index in [4.69, 9.17) is 16.1 Å². The SMILES string of the molecule is NNc1ccc(SN)cc1C(=O)O. The van der Waals surface area contributed by atoms with Crippen LogP contribution in [0.4, 0.5) is 5.69 Å². The molecule has 0 aromatic heterocycles. The van der Waals surface area contributed by atoms with Crippen molar-refractivity contribution in [3.63, 3.8) is 0 Å². The summed E-state index contributed by atoms with van der Waals surface area (Å²) in [5, 5.41) is 14.1. The van der Waals surface area contributed by atoms with Crippen molar-refractivity contribution in [1.82, 2.24) is 0 Å². The van der Waals surface area contributed by atoms with E-state index in [1.807, 2.05) is 0 Å². The molecule has 0 atom stereocenters. The monoisotopic (exact) mass is 199 g/mol. The summed E-state index contributed by atoms with van der Waals surface area (Å²) in [6, 6.07) is 4.72. The Kier molecular flexibility index (Phi) is 3.13. The van der Waals surface area contributed by atoms with Crippen molar-refractivity contribution in [2.24, 2.45) is 11.0 Å². The number of nitrogens with two attached hydrogens (primary N) is 2. The summed E-state index contributed by atoms with van der Waals surface area (Å²) in [6.45, 7) is 0. The lowest BCUT2D eigenvalue weighted by Gasteiger charge is -2.05. The van der Waals surface area contributed by atoms with Gasteiger partial charge in [-0.2, -0.15) is 0 Å². The zero-order chi connectivity index (χ0) is 9.84. The first kappa shape index (κ1) is 9.85. The van der Waals surface area contributed by atoms with E-state index in [1.165, 1.54) is 6.07 Å². The lowest BCUT2D eigenvalue weighted by Crippen LogP contribution is -2.11. The number of carbonyl (C=O) groups is 1. The van der Waals surface area contributed by atoms with Gasteiger partial charge in [-0.05, 0) is 30.1 Å². The molecule has 0 spiro atoms. The highest BCUT2D eigenvalue weighted by atomic mass is 32.2. The minimum absolute atomic E-state index is 0.109. The molecule has 0 amide bonds. The molecule has 6 heteroatoms. The first-order valence-electron chi connectivity index (χ1n) is 3.39. The molecule has 0 radical (unpaired) electrons. The van der Waals surface area contributed by atoms with Gasteiger partial charge in [0.05, 0.1) is 11.3 Å². The quantitative estimate of drug-likeness (QED) is 0.323. The van der Waals surface area contributed by atoms with Crippen molar-refractivity contribution in [2.45, 2.75) is 4.90 Å². The second kappa shape index (κ2) is 4.13. The van der Waals surface area contributed by atoms with E-state index in [9.17, 15) is 4.79 Å². The number of hydrogen-bond donors (Lipinski definition) is 4. The molecule has 0 aliphatic rings. The zero-order valence-electron chi connectivity index (χ0n) is 6.65. The van der Waals surface area contributed by atoms with E-state index < -0.39 is 5.97 Å². The molecule has 0 heterocycles. The van der Waals surface area contributed by atoms with Crippen LogP contribution in [0.2, 0.25) is 0 Å². The van der Waals surface area contributed by atoms with Crippen molar-refractivity contribution in [1.29, 1.82) is 0 Å². The van der Waals surface area contributed by atoms with Gasteiger partial charge in [0, 0.05) is 4.90 Å². The minimum Gasteiger partial charge on any atom is -0.478 e. The van der Waals surface area contributed by atoms with Crippen LogP contribution in [-0.2, 0) is 0 Å². The van der Waals surface area contributed by atoms with Crippen molar-refractivity contribution >= 4 is 23.6 Å². The molecule has 1 aromatic rings. The number of nitrogen functional groups attached to an aromatic ring is 1. The van der Waals surface area contributed by atoms with Crippen molar-refractivity contribution in [2.75, 3.05) is 5.43 Å². The van der Waals surface area contributed by atoms with Gasteiger partial charge in [-0.15, -0.1) is 0 Å². The Balaban J connectivity index is 3.18. The van der Waals surface area contributed by atoms with Crippen LogP contribution in [0.15, 0.2) is 23.1 Å². The maximum Gasteiger partial charge on any atom is 0.337 e. The Hall–Kier alpha value is -1.24. The Morgan fingerprint density at radius 1 is 1.54 bits per heavy atom. The molecule has 6 N–H and O–H groups in total. The number of benzene rings is 1. The Bertz CT molecular complexity index is 330.